The van der Waals surface area contributed by atoms with E-state index in [4.69, 9.17) is 0 Å². The summed E-state index contributed by atoms with van der Waals surface area (Å²) in [6, 6.07) is 6.19. The summed E-state index contributed by atoms with van der Waals surface area (Å²) in [5.41, 5.74) is 3.38. The average Bonchev–Trinajstić information content (AvgIpc) is 2.42. The highest BCUT2D eigenvalue weighted by Crippen LogP contribution is 2.24. The molecule has 1 aliphatic rings. The zero-order valence-electron chi connectivity index (χ0n) is 11.2. The molecule has 1 aliphatic carbocycles. The SMILES string of the molecule is CCc1cccc(C)c1NC(=O)C1CC=CCC1. The third kappa shape index (κ3) is 2.81. The number of aryl methyl sites for hydroxylation is 2. The molecule has 1 aromatic rings. The molecule has 1 amide bonds. The van der Waals surface area contributed by atoms with Crippen molar-refractivity contribution >= 4 is 11.6 Å². The van der Waals surface area contributed by atoms with Crippen molar-refractivity contribution in [3.63, 3.8) is 0 Å². The van der Waals surface area contributed by atoms with Crippen LogP contribution < -0.4 is 5.32 Å². The van der Waals surface area contributed by atoms with E-state index in [9.17, 15) is 4.79 Å². The Kier molecular flexibility index (Phi) is 4.19. The van der Waals surface area contributed by atoms with Crippen molar-refractivity contribution in [2.75, 3.05) is 5.32 Å². The molecule has 96 valence electrons. The normalized spacial score (nSPS) is 18.7. The number of hydrogen-bond donors (Lipinski definition) is 1. The molecule has 0 fully saturated rings. The molecule has 0 bridgehead atoms. The van der Waals surface area contributed by atoms with Gasteiger partial charge in [0.2, 0.25) is 5.91 Å². The van der Waals surface area contributed by atoms with Gasteiger partial charge in [0.25, 0.3) is 0 Å². The number of amides is 1. The lowest BCUT2D eigenvalue weighted by Gasteiger charge is -2.19. The van der Waals surface area contributed by atoms with Gasteiger partial charge in [0, 0.05) is 11.6 Å². The first kappa shape index (κ1) is 12.9. The molecule has 1 N–H and O–H groups in total. The van der Waals surface area contributed by atoms with Gasteiger partial charge in [-0.2, -0.15) is 0 Å². The molecular formula is C16H21NO. The maximum Gasteiger partial charge on any atom is 0.227 e. The second kappa shape index (κ2) is 5.85. The summed E-state index contributed by atoms with van der Waals surface area (Å²) in [6.07, 6.45) is 8.09. The second-order valence-electron chi connectivity index (χ2n) is 4.93. The number of carbonyl (C=O) groups is 1. The van der Waals surface area contributed by atoms with Crippen molar-refractivity contribution < 1.29 is 4.79 Å². The van der Waals surface area contributed by atoms with Crippen LogP contribution in [0.15, 0.2) is 30.4 Å². The summed E-state index contributed by atoms with van der Waals surface area (Å²) in [6.45, 7) is 4.17. The molecule has 2 rings (SSSR count). The van der Waals surface area contributed by atoms with Gasteiger partial charge in [-0.15, -0.1) is 0 Å². The highest BCUT2D eigenvalue weighted by molar-refractivity contribution is 5.94. The van der Waals surface area contributed by atoms with Crippen LogP contribution in [0.4, 0.5) is 5.69 Å². The Bertz CT molecular complexity index is 462. The molecule has 2 heteroatoms. The standard InChI is InChI=1S/C16H21NO/c1-3-13-11-7-8-12(2)15(13)17-16(18)14-9-5-4-6-10-14/h4-5,7-8,11,14H,3,6,9-10H2,1-2H3,(H,17,18). The Balaban J connectivity index is 2.13. The first-order chi connectivity index (χ1) is 8.72. The molecule has 0 saturated heterocycles. The van der Waals surface area contributed by atoms with Gasteiger partial charge in [-0.05, 0) is 43.7 Å². The Morgan fingerprint density at radius 2 is 2.22 bits per heavy atom. The number of hydrogen-bond acceptors (Lipinski definition) is 1. The van der Waals surface area contributed by atoms with Crippen LogP contribution >= 0.6 is 0 Å². The lowest BCUT2D eigenvalue weighted by Crippen LogP contribution is -2.24. The van der Waals surface area contributed by atoms with E-state index in [1.54, 1.807) is 0 Å². The number of allylic oxidation sites excluding steroid dienone is 2. The summed E-state index contributed by atoms with van der Waals surface area (Å²) in [5.74, 6) is 0.308. The number of carbonyl (C=O) groups excluding carboxylic acids is 1. The monoisotopic (exact) mass is 243 g/mol. The van der Waals surface area contributed by atoms with E-state index in [2.05, 4.69) is 43.4 Å². The highest BCUT2D eigenvalue weighted by atomic mass is 16.1. The van der Waals surface area contributed by atoms with Crippen molar-refractivity contribution in [1.29, 1.82) is 0 Å². The lowest BCUT2D eigenvalue weighted by molar-refractivity contribution is -0.120. The predicted molar refractivity (Wildman–Crippen MR) is 75.7 cm³/mol. The first-order valence-corrected chi connectivity index (χ1v) is 6.76. The summed E-state index contributed by atoms with van der Waals surface area (Å²) in [7, 11) is 0. The molecule has 0 saturated carbocycles. The van der Waals surface area contributed by atoms with Crippen LogP contribution in [0.25, 0.3) is 0 Å². The fourth-order valence-corrected chi connectivity index (χ4v) is 2.46. The Morgan fingerprint density at radius 1 is 1.39 bits per heavy atom. The third-order valence-corrected chi connectivity index (χ3v) is 3.63. The number of anilines is 1. The zero-order chi connectivity index (χ0) is 13.0. The van der Waals surface area contributed by atoms with Gasteiger partial charge < -0.3 is 5.32 Å². The summed E-state index contributed by atoms with van der Waals surface area (Å²) in [4.78, 5) is 12.2. The van der Waals surface area contributed by atoms with Gasteiger partial charge in [0.05, 0.1) is 0 Å². The largest absolute Gasteiger partial charge is 0.325 e. The Morgan fingerprint density at radius 3 is 2.89 bits per heavy atom. The molecule has 0 spiro atoms. The van der Waals surface area contributed by atoms with Crippen LogP contribution in [0.3, 0.4) is 0 Å². The third-order valence-electron chi connectivity index (χ3n) is 3.63. The fraction of sp³-hybridized carbons (Fsp3) is 0.438. The second-order valence-corrected chi connectivity index (χ2v) is 4.93. The molecule has 1 aromatic carbocycles. The van der Waals surface area contributed by atoms with Crippen molar-refractivity contribution in [2.24, 2.45) is 5.92 Å². The van der Waals surface area contributed by atoms with E-state index in [-0.39, 0.29) is 11.8 Å². The average molecular weight is 243 g/mol. The topological polar surface area (TPSA) is 29.1 Å². The Labute approximate surface area is 109 Å². The summed E-state index contributed by atoms with van der Waals surface area (Å²) < 4.78 is 0. The van der Waals surface area contributed by atoms with E-state index in [0.29, 0.717) is 0 Å². The van der Waals surface area contributed by atoms with E-state index < -0.39 is 0 Å². The van der Waals surface area contributed by atoms with Crippen molar-refractivity contribution in [3.05, 3.63) is 41.5 Å². The lowest BCUT2D eigenvalue weighted by atomic mass is 9.93. The van der Waals surface area contributed by atoms with E-state index in [0.717, 1.165) is 36.9 Å². The van der Waals surface area contributed by atoms with Crippen molar-refractivity contribution in [2.45, 2.75) is 39.5 Å². The van der Waals surface area contributed by atoms with Crippen LogP contribution in [0.5, 0.6) is 0 Å². The van der Waals surface area contributed by atoms with Crippen molar-refractivity contribution in [1.82, 2.24) is 0 Å². The minimum atomic E-state index is 0.138. The van der Waals surface area contributed by atoms with Crippen LogP contribution in [-0.4, -0.2) is 5.91 Å². The molecule has 0 aromatic heterocycles. The van der Waals surface area contributed by atoms with Crippen LogP contribution in [0.2, 0.25) is 0 Å². The van der Waals surface area contributed by atoms with Gasteiger partial charge in [0.1, 0.15) is 0 Å². The molecule has 0 radical (unpaired) electrons. The quantitative estimate of drug-likeness (QED) is 0.803. The fourth-order valence-electron chi connectivity index (χ4n) is 2.46. The van der Waals surface area contributed by atoms with E-state index >= 15 is 0 Å². The van der Waals surface area contributed by atoms with Crippen molar-refractivity contribution in [3.8, 4) is 0 Å². The zero-order valence-corrected chi connectivity index (χ0v) is 11.2. The number of rotatable bonds is 3. The molecule has 0 heterocycles. The van der Waals surface area contributed by atoms with Gasteiger partial charge in [-0.1, -0.05) is 37.3 Å². The number of para-hydroxylation sites is 1. The maximum absolute atomic E-state index is 12.2. The van der Waals surface area contributed by atoms with Gasteiger partial charge >= 0.3 is 0 Å². The van der Waals surface area contributed by atoms with Gasteiger partial charge in [-0.3, -0.25) is 4.79 Å². The molecule has 1 unspecified atom stereocenters. The molecule has 0 aliphatic heterocycles. The number of benzene rings is 1. The molecule has 18 heavy (non-hydrogen) atoms. The highest BCUT2D eigenvalue weighted by Gasteiger charge is 2.19. The minimum absolute atomic E-state index is 0.138. The molecule has 2 nitrogen and oxygen atoms in total. The summed E-state index contributed by atoms with van der Waals surface area (Å²) >= 11 is 0. The minimum Gasteiger partial charge on any atom is -0.325 e. The van der Waals surface area contributed by atoms with Crippen LogP contribution in [0.1, 0.15) is 37.3 Å². The predicted octanol–water partition coefficient (Wildman–Crippen LogP) is 3.85. The Hall–Kier alpha value is -1.57. The number of nitrogens with one attached hydrogen (secondary N) is 1. The van der Waals surface area contributed by atoms with Gasteiger partial charge in [0.15, 0.2) is 0 Å². The van der Waals surface area contributed by atoms with Crippen LogP contribution in [0, 0.1) is 12.8 Å². The first-order valence-electron chi connectivity index (χ1n) is 6.76. The molecular weight excluding hydrogens is 222 g/mol. The smallest absolute Gasteiger partial charge is 0.227 e. The summed E-state index contributed by atoms with van der Waals surface area (Å²) in [5, 5.41) is 3.13. The van der Waals surface area contributed by atoms with E-state index in [1.165, 1.54) is 5.56 Å². The van der Waals surface area contributed by atoms with E-state index in [1.807, 2.05) is 6.07 Å². The van der Waals surface area contributed by atoms with Gasteiger partial charge in [-0.25, -0.2) is 0 Å². The van der Waals surface area contributed by atoms with Crippen LogP contribution in [-0.2, 0) is 11.2 Å². The maximum atomic E-state index is 12.2. The molecule has 1 atom stereocenters.